The molecule has 3 N–H and O–H groups in total. The topological polar surface area (TPSA) is 166 Å². The molecule has 0 aliphatic rings. The molecule has 0 unspecified atom stereocenters. The molecule has 31 heavy (non-hydrogen) atoms. The van der Waals surface area contributed by atoms with E-state index in [1.54, 1.807) is 11.6 Å². The molecule has 0 aliphatic carbocycles. The third kappa shape index (κ3) is 6.36. The lowest BCUT2D eigenvalue weighted by atomic mass is 10.2. The Kier molecular flexibility index (Phi) is 7.47. The molecular weight excluding hydrogens is 446 g/mol. The first kappa shape index (κ1) is 23.5. The Morgan fingerprint density at radius 2 is 1.87 bits per heavy atom. The molecule has 168 valence electrons. The SMILES string of the molecule is CCOc1ccc(C(=O)O)c(S(=O)(=O)NC(=O)Nc2nc(OC)cc(OC(F)F)n2)c1. The molecule has 0 bridgehead atoms. The van der Waals surface area contributed by atoms with E-state index >= 15 is 0 Å². The van der Waals surface area contributed by atoms with E-state index in [-0.39, 0.29) is 18.2 Å². The van der Waals surface area contributed by atoms with Crippen LogP contribution in [0.3, 0.4) is 0 Å². The molecule has 0 aliphatic heterocycles. The number of anilines is 1. The van der Waals surface area contributed by atoms with Gasteiger partial charge in [-0.2, -0.15) is 18.7 Å². The number of carbonyl (C=O) groups is 2. The van der Waals surface area contributed by atoms with Gasteiger partial charge in [0.05, 0.1) is 25.3 Å². The molecular formula is C16H16F2N4O8S. The summed E-state index contributed by atoms with van der Waals surface area (Å²) in [6.07, 6.45) is 0. The summed E-state index contributed by atoms with van der Waals surface area (Å²) in [5.41, 5.74) is -0.617. The van der Waals surface area contributed by atoms with Gasteiger partial charge in [-0.3, -0.25) is 5.32 Å². The van der Waals surface area contributed by atoms with Gasteiger partial charge in [0.1, 0.15) is 10.6 Å². The number of nitrogens with zero attached hydrogens (tertiary/aromatic N) is 2. The highest BCUT2D eigenvalue weighted by Gasteiger charge is 2.26. The number of carboxylic acids is 1. The molecule has 15 heteroatoms. The summed E-state index contributed by atoms with van der Waals surface area (Å²) in [6.45, 7) is -1.42. The maximum atomic E-state index is 12.6. The largest absolute Gasteiger partial charge is 0.494 e. The van der Waals surface area contributed by atoms with Crippen LogP contribution in [0.15, 0.2) is 29.2 Å². The minimum atomic E-state index is -4.70. The first-order valence-corrected chi connectivity index (χ1v) is 9.75. The maximum absolute atomic E-state index is 12.6. The van der Waals surface area contributed by atoms with Crippen LogP contribution in [0.4, 0.5) is 19.5 Å². The van der Waals surface area contributed by atoms with Crippen molar-refractivity contribution in [3.63, 3.8) is 0 Å². The van der Waals surface area contributed by atoms with Gasteiger partial charge >= 0.3 is 18.6 Å². The fraction of sp³-hybridized carbons (Fsp3) is 0.250. The lowest BCUT2D eigenvalue weighted by Crippen LogP contribution is -2.35. The third-order valence-corrected chi connectivity index (χ3v) is 4.71. The van der Waals surface area contributed by atoms with E-state index in [2.05, 4.69) is 14.7 Å². The van der Waals surface area contributed by atoms with E-state index in [1.165, 1.54) is 6.07 Å². The minimum absolute atomic E-state index is 0.0539. The van der Waals surface area contributed by atoms with Crippen LogP contribution in [-0.2, 0) is 10.0 Å². The molecule has 1 aromatic heterocycles. The van der Waals surface area contributed by atoms with Crippen molar-refractivity contribution in [2.75, 3.05) is 19.0 Å². The standard InChI is InChI=1S/C16H16F2N4O8S/c1-3-29-8-4-5-9(13(23)24)10(6-8)31(26,27)22-16(25)21-15-19-11(28-2)7-12(20-15)30-14(17)18/h4-7,14H,3H2,1-2H3,(H,23,24)(H2,19,20,21,22,25). The van der Waals surface area contributed by atoms with E-state index in [0.717, 1.165) is 25.3 Å². The summed E-state index contributed by atoms with van der Waals surface area (Å²) < 4.78 is 65.5. The van der Waals surface area contributed by atoms with E-state index < -0.39 is 50.9 Å². The summed E-state index contributed by atoms with van der Waals surface area (Å²) in [5, 5.41) is 11.1. The molecule has 2 rings (SSSR count). The number of aromatic nitrogens is 2. The predicted molar refractivity (Wildman–Crippen MR) is 99.1 cm³/mol. The second-order valence-corrected chi connectivity index (χ2v) is 7.06. The molecule has 12 nitrogen and oxygen atoms in total. The zero-order chi connectivity index (χ0) is 23.2. The number of hydrogen-bond acceptors (Lipinski definition) is 9. The van der Waals surface area contributed by atoms with Crippen LogP contribution in [0.5, 0.6) is 17.5 Å². The first-order valence-electron chi connectivity index (χ1n) is 8.27. The molecule has 0 fully saturated rings. The summed E-state index contributed by atoms with van der Waals surface area (Å²) >= 11 is 0. The smallest absolute Gasteiger partial charge is 0.388 e. The number of alkyl halides is 2. The van der Waals surface area contributed by atoms with Crippen molar-refractivity contribution in [1.82, 2.24) is 14.7 Å². The fourth-order valence-corrected chi connectivity index (χ4v) is 3.30. The third-order valence-electron chi connectivity index (χ3n) is 3.33. The lowest BCUT2D eigenvalue weighted by Gasteiger charge is -2.12. The monoisotopic (exact) mass is 462 g/mol. The van der Waals surface area contributed by atoms with Crippen molar-refractivity contribution >= 4 is 28.0 Å². The average molecular weight is 462 g/mol. The number of carboxylic acid groups (broad SMARTS) is 1. The quantitative estimate of drug-likeness (QED) is 0.499. The van der Waals surface area contributed by atoms with Crippen LogP contribution in [0.2, 0.25) is 0 Å². The maximum Gasteiger partial charge on any atom is 0.388 e. The minimum Gasteiger partial charge on any atom is -0.494 e. The van der Waals surface area contributed by atoms with Gasteiger partial charge < -0.3 is 19.3 Å². The Labute approximate surface area is 174 Å². The zero-order valence-corrected chi connectivity index (χ0v) is 16.8. The van der Waals surface area contributed by atoms with Crippen molar-refractivity contribution in [1.29, 1.82) is 0 Å². The van der Waals surface area contributed by atoms with E-state index in [4.69, 9.17) is 9.47 Å². The predicted octanol–water partition coefficient (Wildman–Crippen LogP) is 1.69. The zero-order valence-electron chi connectivity index (χ0n) is 16.0. The molecule has 0 atom stereocenters. The number of halogens is 2. The van der Waals surface area contributed by atoms with Gasteiger partial charge in [-0.25, -0.2) is 22.7 Å². The number of carbonyl (C=O) groups excluding carboxylic acids is 1. The van der Waals surface area contributed by atoms with Crippen LogP contribution < -0.4 is 24.2 Å². The fourth-order valence-electron chi connectivity index (χ4n) is 2.18. The number of benzene rings is 1. The van der Waals surface area contributed by atoms with Crippen molar-refractivity contribution in [2.45, 2.75) is 18.4 Å². The van der Waals surface area contributed by atoms with Crippen molar-refractivity contribution in [3.05, 3.63) is 29.8 Å². The Morgan fingerprint density at radius 3 is 2.45 bits per heavy atom. The van der Waals surface area contributed by atoms with Gasteiger partial charge in [0.2, 0.25) is 17.7 Å². The highest BCUT2D eigenvalue weighted by molar-refractivity contribution is 7.90. The van der Waals surface area contributed by atoms with Crippen LogP contribution >= 0.6 is 0 Å². The lowest BCUT2D eigenvalue weighted by molar-refractivity contribution is -0.0529. The Balaban J connectivity index is 2.29. The van der Waals surface area contributed by atoms with Gasteiger partial charge in [-0.15, -0.1) is 0 Å². The average Bonchev–Trinajstić information content (AvgIpc) is 2.66. The number of hydrogen-bond donors (Lipinski definition) is 3. The van der Waals surface area contributed by atoms with Crippen molar-refractivity contribution < 1.29 is 46.1 Å². The van der Waals surface area contributed by atoms with E-state index in [1.807, 2.05) is 5.32 Å². The number of rotatable bonds is 9. The van der Waals surface area contributed by atoms with Gasteiger partial charge in [0.15, 0.2) is 0 Å². The first-order chi connectivity index (χ1) is 14.6. The molecule has 0 saturated heterocycles. The molecule has 0 radical (unpaired) electrons. The summed E-state index contributed by atoms with van der Waals surface area (Å²) in [7, 11) is -3.55. The second-order valence-electron chi connectivity index (χ2n) is 5.41. The summed E-state index contributed by atoms with van der Waals surface area (Å²) in [4.78, 5) is 29.9. The Hall–Kier alpha value is -3.75. The van der Waals surface area contributed by atoms with E-state index in [0.29, 0.717) is 0 Å². The van der Waals surface area contributed by atoms with Gasteiger partial charge in [-0.05, 0) is 19.1 Å². The van der Waals surface area contributed by atoms with Crippen LogP contribution in [0, 0.1) is 0 Å². The summed E-state index contributed by atoms with van der Waals surface area (Å²) in [6, 6.07) is 2.68. The normalized spacial score (nSPS) is 11.0. The summed E-state index contributed by atoms with van der Waals surface area (Å²) in [5.74, 6) is -3.05. The second kappa shape index (κ2) is 9.84. The number of methoxy groups -OCH3 is 1. The molecule has 2 amide bonds. The van der Waals surface area contributed by atoms with Crippen molar-refractivity contribution in [2.24, 2.45) is 0 Å². The molecule has 0 spiro atoms. The number of urea groups is 1. The molecule has 2 aromatic rings. The van der Waals surface area contributed by atoms with Crippen molar-refractivity contribution in [3.8, 4) is 17.5 Å². The highest BCUT2D eigenvalue weighted by Crippen LogP contribution is 2.23. The number of amides is 2. The van der Waals surface area contributed by atoms with Gasteiger partial charge in [0.25, 0.3) is 10.0 Å². The van der Waals surface area contributed by atoms with Gasteiger partial charge in [-0.1, -0.05) is 0 Å². The van der Waals surface area contributed by atoms with Crippen LogP contribution in [-0.4, -0.2) is 55.8 Å². The number of ether oxygens (including phenoxy) is 3. The number of sulfonamides is 1. The van der Waals surface area contributed by atoms with Crippen LogP contribution in [0.25, 0.3) is 0 Å². The number of nitrogens with one attached hydrogen (secondary N) is 2. The Morgan fingerprint density at radius 1 is 1.19 bits per heavy atom. The van der Waals surface area contributed by atoms with E-state index in [9.17, 15) is 31.9 Å². The molecule has 0 saturated carbocycles. The highest BCUT2D eigenvalue weighted by atomic mass is 32.2. The van der Waals surface area contributed by atoms with Gasteiger partial charge in [0, 0.05) is 6.07 Å². The molecule has 1 aromatic carbocycles. The number of aromatic carboxylic acids is 1. The van der Waals surface area contributed by atoms with Crippen LogP contribution in [0.1, 0.15) is 17.3 Å². The molecule has 1 heterocycles. The Bertz CT molecular complexity index is 1080.